The maximum atomic E-state index is 11.4. The fourth-order valence-electron chi connectivity index (χ4n) is 1.31. The van der Waals surface area contributed by atoms with E-state index in [1.807, 2.05) is 25.1 Å². The molecule has 4 N–H and O–H groups in total. The van der Waals surface area contributed by atoms with Gasteiger partial charge in [0, 0.05) is 22.3 Å². The summed E-state index contributed by atoms with van der Waals surface area (Å²) in [5.41, 5.74) is 7.16. The molecular weight excluding hydrogens is 314 g/mol. The lowest BCUT2D eigenvalue weighted by Gasteiger charge is -2.10. The number of anilines is 1. The lowest BCUT2D eigenvalue weighted by molar-refractivity contribution is -0.119. The molecule has 0 aliphatic rings. The number of hydrogen-bond acceptors (Lipinski definition) is 3. The molecule has 0 heterocycles. The molecule has 0 aliphatic heterocycles. The van der Waals surface area contributed by atoms with Gasteiger partial charge < -0.3 is 16.4 Å². The predicted octanol–water partition coefficient (Wildman–Crippen LogP) is 2.02. The van der Waals surface area contributed by atoms with Crippen LogP contribution in [0.4, 0.5) is 5.69 Å². The fraction of sp³-hybridized carbons (Fsp3) is 0.333. The number of rotatable bonds is 6. The molecule has 98 valence electrons. The Hall–Kier alpha value is -1.14. The first-order chi connectivity index (χ1) is 8.54. The van der Waals surface area contributed by atoms with E-state index in [-0.39, 0.29) is 12.5 Å². The number of benzene rings is 1. The van der Waals surface area contributed by atoms with E-state index in [9.17, 15) is 4.79 Å². The van der Waals surface area contributed by atoms with Crippen molar-refractivity contribution in [1.29, 1.82) is 0 Å². The van der Waals surface area contributed by atoms with Crippen molar-refractivity contribution in [3.63, 3.8) is 0 Å². The van der Waals surface area contributed by atoms with Crippen molar-refractivity contribution in [2.75, 3.05) is 18.4 Å². The van der Waals surface area contributed by atoms with E-state index in [4.69, 9.17) is 18.0 Å². The largest absolute Gasteiger partial charge is 0.389 e. The molecule has 1 aromatic rings. The third kappa shape index (κ3) is 4.62. The summed E-state index contributed by atoms with van der Waals surface area (Å²) in [5, 5.41) is 5.84. The molecule has 6 heteroatoms. The minimum Gasteiger partial charge on any atom is -0.389 e. The van der Waals surface area contributed by atoms with Crippen molar-refractivity contribution in [2.45, 2.75) is 13.3 Å². The monoisotopic (exact) mass is 329 g/mol. The van der Waals surface area contributed by atoms with E-state index in [0.29, 0.717) is 11.5 Å². The zero-order valence-electron chi connectivity index (χ0n) is 10.1. The van der Waals surface area contributed by atoms with Crippen LogP contribution in [0.25, 0.3) is 0 Å². The number of nitrogens with one attached hydrogen (secondary N) is 2. The topological polar surface area (TPSA) is 67.2 Å². The molecule has 0 atom stereocenters. The van der Waals surface area contributed by atoms with E-state index in [2.05, 4.69) is 26.6 Å². The average Bonchev–Trinajstić information content (AvgIpc) is 2.34. The van der Waals surface area contributed by atoms with Crippen LogP contribution in [0.15, 0.2) is 22.7 Å². The maximum absolute atomic E-state index is 11.4. The van der Waals surface area contributed by atoms with Crippen LogP contribution < -0.4 is 16.4 Å². The summed E-state index contributed by atoms with van der Waals surface area (Å²) in [5.74, 6) is -0.0258. The van der Waals surface area contributed by atoms with Gasteiger partial charge in [-0.25, -0.2) is 0 Å². The van der Waals surface area contributed by atoms with Gasteiger partial charge >= 0.3 is 0 Å². The Kier molecular flexibility index (Phi) is 6.07. The summed E-state index contributed by atoms with van der Waals surface area (Å²) in [6, 6.07) is 5.49. The second-order valence-electron chi connectivity index (χ2n) is 3.76. The molecule has 18 heavy (non-hydrogen) atoms. The fourth-order valence-corrected chi connectivity index (χ4v) is 1.96. The Morgan fingerprint density at radius 1 is 1.50 bits per heavy atom. The van der Waals surface area contributed by atoms with Crippen LogP contribution in [-0.2, 0) is 4.79 Å². The van der Waals surface area contributed by atoms with Gasteiger partial charge in [0.05, 0.1) is 6.54 Å². The van der Waals surface area contributed by atoms with Gasteiger partial charge in [0.2, 0.25) is 5.91 Å². The van der Waals surface area contributed by atoms with E-state index in [1.165, 1.54) is 0 Å². The van der Waals surface area contributed by atoms with Gasteiger partial charge in [0.1, 0.15) is 4.99 Å². The molecular formula is C12H16BrN3OS. The lowest BCUT2D eigenvalue weighted by Crippen LogP contribution is -2.30. The molecule has 0 spiro atoms. The van der Waals surface area contributed by atoms with Crippen LogP contribution in [0.1, 0.15) is 18.9 Å². The van der Waals surface area contributed by atoms with Gasteiger partial charge in [0.25, 0.3) is 0 Å². The minimum atomic E-state index is -0.0258. The van der Waals surface area contributed by atoms with Gasteiger partial charge in [-0.2, -0.15) is 0 Å². The number of nitrogens with two attached hydrogens (primary N) is 1. The Morgan fingerprint density at radius 2 is 2.22 bits per heavy atom. The molecule has 1 rings (SSSR count). The first-order valence-corrected chi connectivity index (χ1v) is 6.84. The van der Waals surface area contributed by atoms with Crippen LogP contribution in [-0.4, -0.2) is 24.0 Å². The first kappa shape index (κ1) is 14.9. The molecule has 1 amide bonds. The van der Waals surface area contributed by atoms with Crippen LogP contribution in [0.3, 0.4) is 0 Å². The van der Waals surface area contributed by atoms with E-state index < -0.39 is 0 Å². The van der Waals surface area contributed by atoms with E-state index in [1.54, 1.807) is 0 Å². The van der Waals surface area contributed by atoms with Gasteiger partial charge in [-0.05, 0) is 40.5 Å². The zero-order chi connectivity index (χ0) is 13.5. The van der Waals surface area contributed by atoms with Crippen molar-refractivity contribution in [1.82, 2.24) is 5.32 Å². The van der Waals surface area contributed by atoms with Crippen molar-refractivity contribution in [2.24, 2.45) is 5.73 Å². The maximum Gasteiger partial charge on any atom is 0.239 e. The minimum absolute atomic E-state index is 0.0258. The molecule has 1 aromatic carbocycles. The summed E-state index contributed by atoms with van der Waals surface area (Å²) in [7, 11) is 0. The molecule has 0 saturated heterocycles. The summed E-state index contributed by atoms with van der Waals surface area (Å²) in [6.07, 6.45) is 0.929. The third-order valence-corrected chi connectivity index (χ3v) is 3.16. The van der Waals surface area contributed by atoms with E-state index in [0.717, 1.165) is 22.1 Å². The molecule has 0 unspecified atom stereocenters. The van der Waals surface area contributed by atoms with Crippen molar-refractivity contribution >= 4 is 44.7 Å². The molecule has 0 aromatic heterocycles. The highest BCUT2D eigenvalue weighted by atomic mass is 79.9. The van der Waals surface area contributed by atoms with E-state index >= 15 is 0 Å². The highest BCUT2D eigenvalue weighted by Gasteiger charge is 2.05. The van der Waals surface area contributed by atoms with Crippen LogP contribution in [0, 0.1) is 0 Å². The quantitative estimate of drug-likeness (QED) is 0.698. The molecule has 0 radical (unpaired) electrons. The number of amides is 1. The second-order valence-corrected chi connectivity index (χ2v) is 5.06. The molecule has 4 nitrogen and oxygen atoms in total. The SMILES string of the molecule is CCCNC(=O)CNc1ccc(C(N)=S)cc1Br. The summed E-state index contributed by atoms with van der Waals surface area (Å²) in [6.45, 7) is 2.95. The number of thiocarbonyl (C=S) groups is 1. The molecule has 0 fully saturated rings. The van der Waals surface area contributed by atoms with Gasteiger partial charge in [0.15, 0.2) is 0 Å². The molecule has 0 bridgehead atoms. The zero-order valence-corrected chi connectivity index (χ0v) is 12.5. The van der Waals surface area contributed by atoms with Crippen molar-refractivity contribution < 1.29 is 4.79 Å². The van der Waals surface area contributed by atoms with Gasteiger partial charge in [-0.15, -0.1) is 0 Å². The van der Waals surface area contributed by atoms with Crippen LogP contribution in [0.2, 0.25) is 0 Å². The Morgan fingerprint density at radius 3 is 2.78 bits per heavy atom. The smallest absolute Gasteiger partial charge is 0.239 e. The highest BCUT2D eigenvalue weighted by Crippen LogP contribution is 2.23. The lowest BCUT2D eigenvalue weighted by atomic mass is 10.2. The van der Waals surface area contributed by atoms with Crippen LogP contribution in [0.5, 0.6) is 0 Å². The van der Waals surface area contributed by atoms with Crippen molar-refractivity contribution in [3.8, 4) is 0 Å². The molecule has 0 saturated carbocycles. The number of carbonyl (C=O) groups excluding carboxylic acids is 1. The Labute approximate surface area is 120 Å². The summed E-state index contributed by atoms with van der Waals surface area (Å²) in [4.78, 5) is 11.8. The average molecular weight is 330 g/mol. The third-order valence-electron chi connectivity index (χ3n) is 2.27. The highest BCUT2D eigenvalue weighted by molar-refractivity contribution is 9.10. The summed E-state index contributed by atoms with van der Waals surface area (Å²) < 4.78 is 0.830. The number of carbonyl (C=O) groups is 1. The Bertz CT molecular complexity index is 451. The molecule has 0 aliphatic carbocycles. The van der Waals surface area contributed by atoms with Crippen LogP contribution >= 0.6 is 28.1 Å². The normalized spacial score (nSPS) is 9.89. The summed E-state index contributed by atoms with van der Waals surface area (Å²) >= 11 is 8.30. The number of halogens is 1. The second kappa shape index (κ2) is 7.33. The standard InChI is InChI=1S/C12H16BrN3OS/c1-2-5-15-11(17)7-16-10-4-3-8(12(14)18)6-9(10)13/h3-4,6,16H,2,5,7H2,1H3,(H2,14,18)(H,15,17). The van der Waals surface area contributed by atoms with Gasteiger partial charge in [-0.3, -0.25) is 4.79 Å². The van der Waals surface area contributed by atoms with Gasteiger partial charge in [-0.1, -0.05) is 19.1 Å². The first-order valence-electron chi connectivity index (χ1n) is 5.64. The predicted molar refractivity (Wildman–Crippen MR) is 81.8 cm³/mol. The van der Waals surface area contributed by atoms with Crippen molar-refractivity contribution in [3.05, 3.63) is 28.2 Å². The Balaban J connectivity index is 2.58. The number of hydrogen-bond donors (Lipinski definition) is 3.